The number of H-pyrrole nitrogens is 1. The highest BCUT2D eigenvalue weighted by Gasteiger charge is 2.34. The maximum atomic E-state index is 12.3. The molecule has 0 saturated carbocycles. The number of aromatic nitrogens is 2. The van der Waals surface area contributed by atoms with Crippen molar-refractivity contribution in [1.82, 2.24) is 25.5 Å². The number of carbonyl (C=O) groups is 4. The number of imide groups is 1. The number of imidazole rings is 1. The molecule has 1 aromatic heterocycles. The largest absolute Gasteiger partial charge is 0.481 e. The lowest BCUT2D eigenvalue weighted by Crippen LogP contribution is -2.42. The molecule has 0 bridgehead atoms. The highest BCUT2D eigenvalue weighted by atomic mass is 16.4. The zero-order chi connectivity index (χ0) is 21.7. The number of hydrogen-bond donors (Lipinski definition) is 5. The van der Waals surface area contributed by atoms with E-state index < -0.39 is 36.3 Å². The van der Waals surface area contributed by atoms with Crippen molar-refractivity contribution in [3.63, 3.8) is 0 Å². The third-order valence-corrected chi connectivity index (χ3v) is 4.47. The number of para-hydroxylation sites is 2. The first-order valence-corrected chi connectivity index (χ1v) is 9.36. The minimum absolute atomic E-state index is 0.0893. The summed E-state index contributed by atoms with van der Waals surface area (Å²) in [6.07, 6.45) is 2.01. The molecule has 4 amide bonds. The Morgan fingerprint density at radius 2 is 2.07 bits per heavy atom. The van der Waals surface area contributed by atoms with E-state index in [2.05, 4.69) is 25.9 Å². The van der Waals surface area contributed by atoms with Gasteiger partial charge in [0.05, 0.1) is 17.0 Å². The number of fused-ring (bicyclic) bond motifs is 1. The summed E-state index contributed by atoms with van der Waals surface area (Å²) < 4.78 is 0. The standard InChI is InChI=1S/C19H22N6O5/c1-11(17(28)29)9-21-15(26)10-25-16(27)14(24-19(25)30)7-4-8-20-18-22-12-5-2-3-6-13(12)23-18/h2-3,5-7,11H,4,8-10H2,1H3,(H,21,26)(H,24,30)(H,28,29)(H2,20,22,23)/t11-/m0/s1. The predicted molar refractivity (Wildman–Crippen MR) is 107 cm³/mol. The Morgan fingerprint density at radius 3 is 2.80 bits per heavy atom. The van der Waals surface area contributed by atoms with Crippen molar-refractivity contribution in [3.8, 4) is 0 Å². The number of nitrogens with zero attached hydrogens (tertiary/aromatic N) is 2. The molecule has 0 radical (unpaired) electrons. The van der Waals surface area contributed by atoms with Crippen LogP contribution >= 0.6 is 0 Å². The molecule has 30 heavy (non-hydrogen) atoms. The van der Waals surface area contributed by atoms with Crippen molar-refractivity contribution >= 4 is 40.8 Å². The number of carboxylic acid groups (broad SMARTS) is 1. The molecule has 0 aliphatic carbocycles. The van der Waals surface area contributed by atoms with Gasteiger partial charge in [-0.2, -0.15) is 0 Å². The summed E-state index contributed by atoms with van der Waals surface area (Å²) in [7, 11) is 0. The van der Waals surface area contributed by atoms with Crippen LogP contribution in [0.5, 0.6) is 0 Å². The first kappa shape index (κ1) is 20.8. The van der Waals surface area contributed by atoms with Crippen LogP contribution in [0.25, 0.3) is 11.0 Å². The summed E-state index contributed by atoms with van der Waals surface area (Å²) in [5.41, 5.74) is 1.84. The number of nitrogens with one attached hydrogen (secondary N) is 4. The Labute approximate surface area is 171 Å². The van der Waals surface area contributed by atoms with Crippen LogP contribution in [0.2, 0.25) is 0 Å². The number of anilines is 1. The lowest BCUT2D eigenvalue weighted by atomic mass is 10.2. The fourth-order valence-electron chi connectivity index (χ4n) is 2.75. The normalized spacial score (nSPS) is 16.0. The van der Waals surface area contributed by atoms with Gasteiger partial charge in [-0.05, 0) is 18.6 Å². The third-order valence-electron chi connectivity index (χ3n) is 4.47. The monoisotopic (exact) mass is 414 g/mol. The number of aliphatic carboxylic acids is 1. The Bertz CT molecular complexity index is 981. The van der Waals surface area contributed by atoms with Gasteiger partial charge in [-0.1, -0.05) is 25.1 Å². The molecule has 1 fully saturated rings. The van der Waals surface area contributed by atoms with Gasteiger partial charge in [0.15, 0.2) is 0 Å². The van der Waals surface area contributed by atoms with Gasteiger partial charge in [0.2, 0.25) is 11.9 Å². The second kappa shape index (κ2) is 9.07. The first-order chi connectivity index (χ1) is 14.3. The predicted octanol–water partition coefficient (Wildman–Crippen LogP) is 0.637. The molecule has 3 rings (SSSR count). The van der Waals surface area contributed by atoms with Gasteiger partial charge in [-0.3, -0.25) is 14.4 Å². The highest BCUT2D eigenvalue weighted by Crippen LogP contribution is 2.14. The summed E-state index contributed by atoms with van der Waals surface area (Å²) in [6.45, 7) is 1.34. The maximum Gasteiger partial charge on any atom is 0.329 e. The van der Waals surface area contributed by atoms with Gasteiger partial charge in [0.25, 0.3) is 5.91 Å². The van der Waals surface area contributed by atoms with Crippen LogP contribution in [0.1, 0.15) is 13.3 Å². The number of hydrogen-bond acceptors (Lipinski definition) is 6. The van der Waals surface area contributed by atoms with Gasteiger partial charge in [0, 0.05) is 13.1 Å². The van der Waals surface area contributed by atoms with Gasteiger partial charge in [0.1, 0.15) is 12.2 Å². The number of carboxylic acids is 1. The molecule has 1 saturated heterocycles. The van der Waals surface area contributed by atoms with E-state index in [1.807, 2.05) is 24.3 Å². The summed E-state index contributed by atoms with van der Waals surface area (Å²) >= 11 is 0. The van der Waals surface area contributed by atoms with E-state index in [9.17, 15) is 19.2 Å². The van der Waals surface area contributed by atoms with E-state index in [-0.39, 0.29) is 12.2 Å². The lowest BCUT2D eigenvalue weighted by Gasteiger charge is -2.13. The van der Waals surface area contributed by atoms with Crippen molar-refractivity contribution in [1.29, 1.82) is 0 Å². The Balaban J connectivity index is 1.48. The number of rotatable bonds is 9. The SMILES string of the molecule is C[C@@H](CNC(=O)CN1C(=O)NC(=CCCNc2nc3ccccc3[nH]2)C1=O)C(=O)O. The van der Waals surface area contributed by atoms with Crippen molar-refractivity contribution < 1.29 is 24.3 Å². The van der Waals surface area contributed by atoms with E-state index in [0.717, 1.165) is 15.9 Å². The fraction of sp³-hybridized carbons (Fsp3) is 0.316. The average molecular weight is 414 g/mol. The van der Waals surface area contributed by atoms with Gasteiger partial charge < -0.3 is 26.0 Å². The molecular weight excluding hydrogens is 392 g/mol. The first-order valence-electron chi connectivity index (χ1n) is 9.36. The molecule has 1 aliphatic heterocycles. The average Bonchev–Trinajstić information content (AvgIpc) is 3.24. The molecule has 158 valence electrons. The van der Waals surface area contributed by atoms with E-state index in [4.69, 9.17) is 5.11 Å². The van der Waals surface area contributed by atoms with Crippen LogP contribution in [0.4, 0.5) is 10.7 Å². The van der Waals surface area contributed by atoms with Crippen LogP contribution in [0, 0.1) is 5.92 Å². The number of aromatic amines is 1. The van der Waals surface area contributed by atoms with E-state index in [1.54, 1.807) is 6.08 Å². The Hall–Kier alpha value is -3.89. The van der Waals surface area contributed by atoms with Crippen LogP contribution in [0.15, 0.2) is 36.0 Å². The maximum absolute atomic E-state index is 12.3. The second-order valence-electron chi connectivity index (χ2n) is 6.80. The number of benzene rings is 1. The highest BCUT2D eigenvalue weighted by molar-refractivity contribution is 6.13. The van der Waals surface area contributed by atoms with E-state index >= 15 is 0 Å². The van der Waals surface area contributed by atoms with Crippen molar-refractivity contribution in [3.05, 3.63) is 36.0 Å². The van der Waals surface area contributed by atoms with E-state index in [1.165, 1.54) is 6.92 Å². The van der Waals surface area contributed by atoms with Crippen LogP contribution in [0.3, 0.4) is 0 Å². The summed E-state index contributed by atoms with van der Waals surface area (Å²) in [5.74, 6) is -2.44. The summed E-state index contributed by atoms with van der Waals surface area (Å²) in [4.78, 5) is 55.3. The molecule has 11 nitrogen and oxygen atoms in total. The van der Waals surface area contributed by atoms with Crippen molar-refractivity contribution in [2.75, 3.05) is 25.0 Å². The molecule has 11 heteroatoms. The van der Waals surface area contributed by atoms with Crippen LogP contribution < -0.4 is 16.0 Å². The molecule has 1 aromatic carbocycles. The third kappa shape index (κ3) is 4.93. The molecule has 0 spiro atoms. The Kier molecular flexibility index (Phi) is 6.30. The number of amides is 4. The summed E-state index contributed by atoms with van der Waals surface area (Å²) in [6, 6.07) is 6.90. The van der Waals surface area contributed by atoms with Crippen molar-refractivity contribution in [2.45, 2.75) is 13.3 Å². The zero-order valence-corrected chi connectivity index (χ0v) is 16.3. The van der Waals surface area contributed by atoms with Gasteiger partial charge in [-0.25, -0.2) is 14.7 Å². The fourth-order valence-corrected chi connectivity index (χ4v) is 2.75. The van der Waals surface area contributed by atoms with Gasteiger partial charge >= 0.3 is 12.0 Å². The molecule has 2 heterocycles. The molecular formula is C19H22N6O5. The summed E-state index contributed by atoms with van der Waals surface area (Å²) in [5, 5.41) is 16.7. The number of carbonyl (C=O) groups excluding carboxylic acids is 3. The molecule has 5 N–H and O–H groups in total. The number of urea groups is 1. The van der Waals surface area contributed by atoms with Crippen LogP contribution in [-0.2, 0) is 14.4 Å². The second-order valence-corrected chi connectivity index (χ2v) is 6.80. The topological polar surface area (TPSA) is 157 Å². The van der Waals surface area contributed by atoms with E-state index in [0.29, 0.717) is 18.9 Å². The smallest absolute Gasteiger partial charge is 0.329 e. The molecule has 1 aliphatic rings. The van der Waals surface area contributed by atoms with Crippen LogP contribution in [-0.4, -0.2) is 63.4 Å². The van der Waals surface area contributed by atoms with Crippen molar-refractivity contribution in [2.24, 2.45) is 5.92 Å². The zero-order valence-electron chi connectivity index (χ0n) is 16.3. The quantitative estimate of drug-likeness (QED) is 0.229. The minimum atomic E-state index is -1.05. The lowest BCUT2D eigenvalue weighted by molar-refractivity contribution is -0.141. The molecule has 2 aromatic rings. The Morgan fingerprint density at radius 1 is 1.30 bits per heavy atom. The minimum Gasteiger partial charge on any atom is -0.481 e. The van der Waals surface area contributed by atoms with Gasteiger partial charge in [-0.15, -0.1) is 0 Å². The molecule has 0 unspecified atom stereocenters. The molecule has 1 atom stereocenters.